The molecule has 0 aliphatic carbocycles. The van der Waals surface area contributed by atoms with Gasteiger partial charge in [0.1, 0.15) is 5.52 Å². The highest BCUT2D eigenvalue weighted by Crippen LogP contribution is 2.22. The highest BCUT2D eigenvalue weighted by atomic mass is 32.2. The zero-order valence-electron chi connectivity index (χ0n) is 13.1. The summed E-state index contributed by atoms with van der Waals surface area (Å²) in [6.07, 6.45) is 3.01. The molecule has 0 unspecified atom stereocenters. The van der Waals surface area contributed by atoms with Crippen LogP contribution >= 0.6 is 11.8 Å². The van der Waals surface area contributed by atoms with Gasteiger partial charge in [0.2, 0.25) is 5.91 Å². The number of nitrogens with one attached hydrogen (secondary N) is 2. The van der Waals surface area contributed by atoms with Crippen LogP contribution in [0.2, 0.25) is 0 Å². The fourth-order valence-electron chi connectivity index (χ4n) is 1.99. The molecule has 6 nitrogen and oxygen atoms in total. The second-order valence-electron chi connectivity index (χ2n) is 5.02. The summed E-state index contributed by atoms with van der Waals surface area (Å²) < 4.78 is 5.50. The average molecular weight is 353 g/mol. The van der Waals surface area contributed by atoms with Gasteiger partial charge in [-0.3, -0.25) is 20.4 Å². The van der Waals surface area contributed by atoms with E-state index in [1.54, 1.807) is 6.08 Å². The van der Waals surface area contributed by atoms with Crippen LogP contribution in [-0.4, -0.2) is 22.6 Å². The first-order chi connectivity index (χ1) is 12.2. The van der Waals surface area contributed by atoms with E-state index in [9.17, 15) is 9.59 Å². The minimum Gasteiger partial charge on any atom is -0.431 e. The highest BCUT2D eigenvalue weighted by Gasteiger charge is 2.09. The lowest BCUT2D eigenvalue weighted by Gasteiger charge is -2.03. The smallest absolute Gasteiger partial charge is 0.262 e. The van der Waals surface area contributed by atoms with E-state index in [2.05, 4.69) is 15.8 Å². The Balaban J connectivity index is 1.43. The maximum atomic E-state index is 11.8. The largest absolute Gasteiger partial charge is 0.431 e. The molecule has 126 valence electrons. The first-order valence-electron chi connectivity index (χ1n) is 7.51. The molecule has 3 aromatic rings. The van der Waals surface area contributed by atoms with Crippen LogP contribution in [0.4, 0.5) is 0 Å². The van der Waals surface area contributed by atoms with Gasteiger partial charge in [-0.2, -0.15) is 0 Å². The summed E-state index contributed by atoms with van der Waals surface area (Å²) in [5.74, 6) is -0.687. The number of amides is 2. The van der Waals surface area contributed by atoms with Crippen molar-refractivity contribution in [3.63, 3.8) is 0 Å². The van der Waals surface area contributed by atoms with Gasteiger partial charge in [-0.1, -0.05) is 54.2 Å². The zero-order chi connectivity index (χ0) is 17.5. The van der Waals surface area contributed by atoms with Gasteiger partial charge in [-0.15, -0.1) is 0 Å². The van der Waals surface area contributed by atoms with Gasteiger partial charge in [0, 0.05) is 6.08 Å². The number of nitrogens with zero attached hydrogens (tertiary/aromatic N) is 1. The number of thioether (sulfide) groups is 1. The van der Waals surface area contributed by atoms with E-state index < -0.39 is 5.91 Å². The summed E-state index contributed by atoms with van der Waals surface area (Å²) in [4.78, 5) is 27.7. The summed E-state index contributed by atoms with van der Waals surface area (Å²) in [7, 11) is 0. The molecular formula is C18H15N3O3S. The van der Waals surface area contributed by atoms with Gasteiger partial charge in [0.05, 0.1) is 5.75 Å². The molecule has 25 heavy (non-hydrogen) atoms. The van der Waals surface area contributed by atoms with Crippen LogP contribution in [0.15, 0.2) is 70.3 Å². The lowest BCUT2D eigenvalue weighted by atomic mass is 10.2. The van der Waals surface area contributed by atoms with Gasteiger partial charge >= 0.3 is 0 Å². The molecule has 2 amide bonds. The molecule has 0 radical (unpaired) electrons. The lowest BCUT2D eigenvalue weighted by molar-refractivity contribution is -0.125. The fraction of sp³-hybridized carbons (Fsp3) is 0.0556. The van der Waals surface area contributed by atoms with Crippen molar-refractivity contribution in [3.05, 3.63) is 66.2 Å². The minimum atomic E-state index is -0.413. The van der Waals surface area contributed by atoms with Gasteiger partial charge in [-0.25, -0.2) is 4.98 Å². The van der Waals surface area contributed by atoms with Crippen LogP contribution in [0.3, 0.4) is 0 Å². The van der Waals surface area contributed by atoms with Crippen molar-refractivity contribution in [1.82, 2.24) is 15.8 Å². The third-order valence-corrected chi connectivity index (χ3v) is 3.98. The monoisotopic (exact) mass is 353 g/mol. The molecule has 2 aromatic carbocycles. The Morgan fingerprint density at radius 1 is 1.04 bits per heavy atom. The van der Waals surface area contributed by atoms with Crippen molar-refractivity contribution in [3.8, 4) is 0 Å². The maximum Gasteiger partial charge on any atom is 0.262 e. The van der Waals surface area contributed by atoms with Gasteiger partial charge in [0.25, 0.3) is 11.1 Å². The zero-order valence-corrected chi connectivity index (χ0v) is 14.0. The highest BCUT2D eigenvalue weighted by molar-refractivity contribution is 7.99. The first kappa shape index (κ1) is 16.8. The predicted octanol–water partition coefficient (Wildman–Crippen LogP) is 2.78. The minimum absolute atomic E-state index is 0.0789. The number of carbonyl (C=O) groups is 2. The molecule has 0 saturated heterocycles. The van der Waals surface area contributed by atoms with Crippen LogP contribution in [0, 0.1) is 0 Å². The van der Waals surface area contributed by atoms with Crippen molar-refractivity contribution in [2.45, 2.75) is 5.22 Å². The van der Waals surface area contributed by atoms with Crippen LogP contribution in [0.1, 0.15) is 5.56 Å². The van der Waals surface area contributed by atoms with Crippen molar-refractivity contribution < 1.29 is 14.0 Å². The molecule has 1 heterocycles. The lowest BCUT2D eigenvalue weighted by Crippen LogP contribution is -2.41. The number of para-hydroxylation sites is 2. The maximum absolute atomic E-state index is 11.8. The molecule has 0 aliphatic rings. The number of fused-ring (bicyclic) bond motifs is 1. The van der Waals surface area contributed by atoms with Crippen LogP contribution in [0.5, 0.6) is 0 Å². The predicted molar refractivity (Wildman–Crippen MR) is 96.5 cm³/mol. The Labute approximate surface area is 148 Å². The van der Waals surface area contributed by atoms with E-state index in [-0.39, 0.29) is 11.7 Å². The number of rotatable bonds is 5. The molecule has 0 fully saturated rings. The fourth-order valence-corrected chi connectivity index (χ4v) is 2.62. The topological polar surface area (TPSA) is 84.2 Å². The Morgan fingerprint density at radius 2 is 1.80 bits per heavy atom. The molecule has 0 atom stereocenters. The Kier molecular flexibility index (Phi) is 5.48. The summed E-state index contributed by atoms with van der Waals surface area (Å²) >= 11 is 1.16. The molecule has 0 saturated carbocycles. The third kappa shape index (κ3) is 4.95. The molecule has 7 heteroatoms. The summed E-state index contributed by atoms with van der Waals surface area (Å²) in [5, 5.41) is 0.409. The van der Waals surface area contributed by atoms with Crippen molar-refractivity contribution in [2.75, 3.05) is 5.75 Å². The SMILES string of the molecule is O=C(/C=C/c1ccccc1)NNC(=O)CSc1nc2ccccc2o1. The summed E-state index contributed by atoms with van der Waals surface area (Å²) in [6, 6.07) is 16.8. The number of benzene rings is 2. The standard InChI is InChI=1S/C18H15N3O3S/c22-16(11-10-13-6-2-1-3-7-13)20-21-17(23)12-25-18-19-14-8-4-5-9-15(14)24-18/h1-11H,12H2,(H,20,22)(H,21,23)/b11-10+. The molecular weight excluding hydrogens is 338 g/mol. The Morgan fingerprint density at radius 3 is 2.60 bits per heavy atom. The number of oxazole rings is 1. The molecule has 1 aromatic heterocycles. The van der Waals surface area contributed by atoms with E-state index in [4.69, 9.17) is 4.42 Å². The number of hydrogen-bond acceptors (Lipinski definition) is 5. The van der Waals surface area contributed by atoms with Gasteiger partial charge in [-0.05, 0) is 23.8 Å². The van der Waals surface area contributed by atoms with Gasteiger partial charge in [0.15, 0.2) is 5.58 Å². The van der Waals surface area contributed by atoms with E-state index in [1.165, 1.54) is 6.08 Å². The molecule has 3 rings (SSSR count). The summed E-state index contributed by atoms with van der Waals surface area (Å²) in [5.41, 5.74) is 6.98. The van der Waals surface area contributed by atoms with Crippen LogP contribution in [-0.2, 0) is 9.59 Å². The average Bonchev–Trinajstić information content (AvgIpc) is 3.07. The van der Waals surface area contributed by atoms with E-state index in [0.717, 1.165) is 22.8 Å². The van der Waals surface area contributed by atoms with Crippen molar-refractivity contribution in [2.24, 2.45) is 0 Å². The quantitative estimate of drug-likeness (QED) is 0.419. The Bertz CT molecular complexity index is 873. The van der Waals surface area contributed by atoms with E-state index in [1.807, 2.05) is 54.6 Å². The van der Waals surface area contributed by atoms with Crippen molar-refractivity contribution >= 4 is 40.8 Å². The second-order valence-corrected chi connectivity index (χ2v) is 5.94. The number of aromatic nitrogens is 1. The third-order valence-electron chi connectivity index (χ3n) is 3.15. The number of hydrogen-bond donors (Lipinski definition) is 2. The van der Waals surface area contributed by atoms with Crippen molar-refractivity contribution in [1.29, 1.82) is 0 Å². The number of carbonyl (C=O) groups excluding carboxylic acids is 2. The van der Waals surface area contributed by atoms with E-state index in [0.29, 0.717) is 10.8 Å². The van der Waals surface area contributed by atoms with Gasteiger partial charge < -0.3 is 4.42 Å². The normalized spacial score (nSPS) is 10.9. The van der Waals surface area contributed by atoms with Crippen LogP contribution < -0.4 is 10.9 Å². The molecule has 0 spiro atoms. The first-order valence-corrected chi connectivity index (χ1v) is 8.49. The molecule has 0 bridgehead atoms. The molecule has 2 N–H and O–H groups in total. The van der Waals surface area contributed by atoms with E-state index >= 15 is 0 Å². The Hall–Kier alpha value is -3.06. The second kappa shape index (κ2) is 8.16. The van der Waals surface area contributed by atoms with Crippen LogP contribution in [0.25, 0.3) is 17.2 Å². The number of hydrazine groups is 1. The summed E-state index contributed by atoms with van der Waals surface area (Å²) in [6.45, 7) is 0. The molecule has 0 aliphatic heterocycles.